The summed E-state index contributed by atoms with van der Waals surface area (Å²) < 4.78 is 0.467. The van der Waals surface area contributed by atoms with Gasteiger partial charge in [0.25, 0.3) is 0 Å². The van der Waals surface area contributed by atoms with E-state index in [1.807, 2.05) is 35.7 Å². The molecule has 0 aliphatic carbocycles. The van der Waals surface area contributed by atoms with Crippen molar-refractivity contribution in [1.82, 2.24) is 0 Å². The second-order valence-corrected chi connectivity index (χ2v) is 6.59. The lowest BCUT2D eigenvalue weighted by atomic mass is 10.2. The van der Waals surface area contributed by atoms with E-state index >= 15 is 0 Å². The number of hydrogen-bond donors (Lipinski definition) is 0. The highest BCUT2D eigenvalue weighted by Gasteiger charge is 2.23. The zero-order valence-electron chi connectivity index (χ0n) is 8.39. The van der Waals surface area contributed by atoms with Crippen LogP contribution in [0.25, 0.3) is 0 Å². The molecule has 0 saturated carbocycles. The number of hydrogen-bond acceptors (Lipinski definition) is 2. The van der Waals surface area contributed by atoms with E-state index in [1.165, 1.54) is 15.4 Å². The molecule has 2 aromatic carbocycles. The fraction of sp³-hybridized carbons (Fsp3) is 0.0769. The maximum absolute atomic E-state index is 5.89. The summed E-state index contributed by atoms with van der Waals surface area (Å²) in [4.78, 5) is 2.76. The minimum atomic E-state index is 0.467. The molecule has 16 heavy (non-hydrogen) atoms. The molecule has 0 radical (unpaired) electrons. The van der Waals surface area contributed by atoms with Crippen LogP contribution in [-0.4, -0.2) is 0 Å². The maximum Gasteiger partial charge on any atom is 0.0846 e. The molecule has 1 heterocycles. The lowest BCUT2D eigenvalue weighted by molar-refractivity contribution is 1.27. The van der Waals surface area contributed by atoms with Crippen LogP contribution in [0.1, 0.15) is 10.1 Å². The van der Waals surface area contributed by atoms with Gasteiger partial charge in [-0.25, -0.2) is 0 Å². The molecule has 3 rings (SSSR count). The van der Waals surface area contributed by atoms with E-state index in [4.69, 9.17) is 11.6 Å². The average molecular weight is 265 g/mol. The van der Waals surface area contributed by atoms with Gasteiger partial charge >= 0.3 is 0 Å². The van der Waals surface area contributed by atoms with Crippen molar-refractivity contribution in [3.05, 3.63) is 59.1 Å². The lowest BCUT2D eigenvalue weighted by Gasteiger charge is -2.07. The van der Waals surface area contributed by atoms with Crippen molar-refractivity contribution in [2.45, 2.75) is 14.4 Å². The Morgan fingerprint density at radius 2 is 1.38 bits per heavy atom. The monoisotopic (exact) mass is 264 g/mol. The molecule has 1 aliphatic rings. The molecule has 0 N–H and O–H groups in total. The van der Waals surface area contributed by atoms with Gasteiger partial charge in [-0.2, -0.15) is 0 Å². The van der Waals surface area contributed by atoms with Gasteiger partial charge in [0.2, 0.25) is 0 Å². The number of fused-ring (bicyclic) bond motifs is 1. The summed E-state index contributed by atoms with van der Waals surface area (Å²) in [6.45, 7) is 0. The SMILES string of the molecule is Clc1ccc(C2Sc3ccccc3S2)cc1. The molecule has 0 nitrogen and oxygen atoms in total. The predicted octanol–water partition coefficient (Wildman–Crippen LogP) is 5.24. The Labute approximate surface area is 108 Å². The number of halogens is 1. The van der Waals surface area contributed by atoms with Crippen molar-refractivity contribution in [2.75, 3.05) is 0 Å². The molecule has 2 aromatic rings. The second kappa shape index (κ2) is 4.36. The van der Waals surface area contributed by atoms with Gasteiger partial charge in [0.05, 0.1) is 4.58 Å². The largest absolute Gasteiger partial charge is 0.105 e. The van der Waals surface area contributed by atoms with Crippen molar-refractivity contribution in [3.63, 3.8) is 0 Å². The summed E-state index contributed by atoms with van der Waals surface area (Å²) >= 11 is 9.72. The molecule has 0 amide bonds. The molecule has 0 saturated heterocycles. The van der Waals surface area contributed by atoms with Crippen molar-refractivity contribution in [1.29, 1.82) is 0 Å². The maximum atomic E-state index is 5.89. The van der Waals surface area contributed by atoms with Crippen LogP contribution in [0.2, 0.25) is 5.02 Å². The zero-order chi connectivity index (χ0) is 11.0. The molecular weight excluding hydrogens is 256 g/mol. The van der Waals surface area contributed by atoms with Gasteiger partial charge in [-0.05, 0) is 29.8 Å². The summed E-state index contributed by atoms with van der Waals surface area (Å²) in [5.74, 6) is 0. The summed E-state index contributed by atoms with van der Waals surface area (Å²) in [5, 5.41) is 0.800. The molecule has 80 valence electrons. The molecule has 0 spiro atoms. The zero-order valence-corrected chi connectivity index (χ0v) is 10.8. The van der Waals surface area contributed by atoms with Crippen LogP contribution < -0.4 is 0 Å². The summed E-state index contributed by atoms with van der Waals surface area (Å²) in [7, 11) is 0. The Hall–Kier alpha value is -0.570. The average Bonchev–Trinajstić information content (AvgIpc) is 2.73. The van der Waals surface area contributed by atoms with E-state index in [-0.39, 0.29) is 0 Å². The molecule has 0 bridgehead atoms. The molecule has 0 aromatic heterocycles. The minimum absolute atomic E-state index is 0.467. The van der Waals surface area contributed by atoms with Crippen LogP contribution >= 0.6 is 35.1 Å². The molecule has 3 heteroatoms. The predicted molar refractivity (Wildman–Crippen MR) is 72.3 cm³/mol. The third kappa shape index (κ3) is 1.97. The molecule has 0 fully saturated rings. The minimum Gasteiger partial charge on any atom is -0.105 e. The van der Waals surface area contributed by atoms with Gasteiger partial charge in [0.1, 0.15) is 0 Å². The molecule has 0 unspecified atom stereocenters. The van der Waals surface area contributed by atoms with Gasteiger partial charge in [0.15, 0.2) is 0 Å². The number of rotatable bonds is 1. The van der Waals surface area contributed by atoms with Gasteiger partial charge in [-0.15, -0.1) is 23.5 Å². The highest BCUT2D eigenvalue weighted by molar-refractivity contribution is 8.18. The van der Waals surface area contributed by atoms with Crippen LogP contribution in [0.3, 0.4) is 0 Å². The number of benzene rings is 2. The van der Waals surface area contributed by atoms with E-state index in [0.29, 0.717) is 4.58 Å². The first-order valence-electron chi connectivity index (χ1n) is 5.01. The fourth-order valence-corrected chi connectivity index (χ4v) is 4.62. The van der Waals surface area contributed by atoms with Crippen LogP contribution in [0.15, 0.2) is 58.3 Å². The van der Waals surface area contributed by atoms with E-state index in [9.17, 15) is 0 Å². The second-order valence-electron chi connectivity index (χ2n) is 3.57. The first-order chi connectivity index (χ1) is 7.83. The summed E-state index contributed by atoms with van der Waals surface area (Å²) in [5.41, 5.74) is 1.33. The van der Waals surface area contributed by atoms with Crippen LogP contribution in [0, 0.1) is 0 Å². The molecular formula is C13H9ClS2. The lowest BCUT2D eigenvalue weighted by Crippen LogP contribution is -1.82. The van der Waals surface area contributed by atoms with Gasteiger partial charge < -0.3 is 0 Å². The summed E-state index contributed by atoms with van der Waals surface area (Å²) in [6, 6.07) is 16.7. The Morgan fingerprint density at radius 1 is 0.812 bits per heavy atom. The smallest absolute Gasteiger partial charge is 0.0846 e. The van der Waals surface area contributed by atoms with Crippen LogP contribution in [-0.2, 0) is 0 Å². The molecule has 1 aliphatic heterocycles. The Morgan fingerprint density at radius 3 is 1.94 bits per heavy atom. The van der Waals surface area contributed by atoms with Crippen molar-refractivity contribution in [3.8, 4) is 0 Å². The Bertz CT molecular complexity index is 483. The van der Waals surface area contributed by atoms with Gasteiger partial charge in [-0.3, -0.25) is 0 Å². The van der Waals surface area contributed by atoms with Crippen LogP contribution in [0.4, 0.5) is 0 Å². The fourth-order valence-electron chi connectivity index (χ4n) is 1.66. The highest BCUT2D eigenvalue weighted by atomic mass is 35.5. The Kier molecular flexibility index (Phi) is 2.88. The van der Waals surface area contributed by atoms with E-state index in [1.54, 1.807) is 0 Å². The van der Waals surface area contributed by atoms with Crippen molar-refractivity contribution >= 4 is 35.1 Å². The first-order valence-corrected chi connectivity index (χ1v) is 7.14. The first kappa shape index (κ1) is 10.6. The van der Waals surface area contributed by atoms with Gasteiger partial charge in [0, 0.05) is 14.8 Å². The van der Waals surface area contributed by atoms with Crippen molar-refractivity contribution < 1.29 is 0 Å². The van der Waals surface area contributed by atoms with E-state index in [0.717, 1.165) is 5.02 Å². The number of thioether (sulfide) groups is 2. The highest BCUT2D eigenvalue weighted by Crippen LogP contribution is 2.56. The van der Waals surface area contributed by atoms with Crippen molar-refractivity contribution in [2.24, 2.45) is 0 Å². The normalized spacial score (nSPS) is 15.1. The van der Waals surface area contributed by atoms with E-state index < -0.39 is 0 Å². The van der Waals surface area contributed by atoms with Gasteiger partial charge in [-0.1, -0.05) is 35.9 Å². The van der Waals surface area contributed by atoms with Crippen LogP contribution in [0.5, 0.6) is 0 Å². The third-order valence-electron chi connectivity index (χ3n) is 2.46. The van der Waals surface area contributed by atoms with E-state index in [2.05, 4.69) is 36.4 Å². The quantitative estimate of drug-likeness (QED) is 0.691. The molecule has 0 atom stereocenters. The Balaban J connectivity index is 1.88. The third-order valence-corrected chi connectivity index (χ3v) is 5.61. The summed E-state index contributed by atoms with van der Waals surface area (Å²) in [6.07, 6.45) is 0. The topological polar surface area (TPSA) is 0 Å². The standard InChI is InChI=1S/C13H9ClS2/c14-10-7-5-9(6-8-10)13-15-11-3-1-2-4-12(11)16-13/h1-8,13H.